The van der Waals surface area contributed by atoms with Crippen molar-refractivity contribution in [3.05, 3.63) is 151 Å². The molecule has 8 aromatic rings. The molecule has 1 aliphatic heterocycles. The van der Waals surface area contributed by atoms with E-state index in [0.717, 1.165) is 34.0 Å². The summed E-state index contributed by atoms with van der Waals surface area (Å²) in [7, 11) is -2.15. The lowest BCUT2D eigenvalue weighted by atomic mass is 9.82. The number of rotatable bonds is 3. The molecule has 0 radical (unpaired) electrons. The molecule has 4 heteroatoms. The van der Waals surface area contributed by atoms with Gasteiger partial charge in [-0.1, -0.05) is 142 Å². The van der Waals surface area contributed by atoms with Gasteiger partial charge in [-0.3, -0.25) is 0 Å². The first-order chi connectivity index (χ1) is 23.8. The normalized spacial score (nSPS) is 14.9. The van der Waals surface area contributed by atoms with Crippen molar-refractivity contribution in [2.45, 2.75) is 32.4 Å². The van der Waals surface area contributed by atoms with E-state index in [4.69, 9.17) is 9.97 Å². The number of aromatic nitrogens is 3. The van der Waals surface area contributed by atoms with Crippen LogP contribution in [0.4, 0.5) is 0 Å². The second-order valence-electron chi connectivity index (χ2n) is 14.6. The van der Waals surface area contributed by atoms with Crippen molar-refractivity contribution in [2.75, 3.05) is 0 Å². The van der Waals surface area contributed by atoms with Crippen LogP contribution in [0.2, 0.25) is 13.1 Å². The Bertz CT molecular complexity index is 2660. The summed E-state index contributed by atoms with van der Waals surface area (Å²) in [6, 6.07) is 50.9. The molecule has 2 aliphatic rings. The molecule has 3 nitrogen and oxygen atoms in total. The lowest BCUT2D eigenvalue weighted by Gasteiger charge is -2.24. The maximum Gasteiger partial charge on any atom is 0.160 e. The summed E-state index contributed by atoms with van der Waals surface area (Å²) in [6.45, 7) is 9.64. The third kappa shape index (κ3) is 3.83. The molecule has 2 aromatic heterocycles. The van der Waals surface area contributed by atoms with Gasteiger partial charge < -0.3 is 4.57 Å². The molecule has 10 rings (SSSR count). The summed E-state index contributed by atoms with van der Waals surface area (Å²) in [5.74, 6) is 0.769. The van der Waals surface area contributed by atoms with Crippen LogP contribution in [0.25, 0.3) is 72.5 Å². The van der Waals surface area contributed by atoms with Gasteiger partial charge in [0.05, 0.1) is 28.1 Å². The Morgan fingerprint density at radius 1 is 0.531 bits per heavy atom. The number of benzene rings is 6. The summed E-state index contributed by atoms with van der Waals surface area (Å²) in [5, 5.41) is 5.28. The standard InChI is InChI=1S/C45H35N3Si/c1-45(2)35-22-12-8-18-29(35)33-26-34-30-19-9-13-23-37(30)48(39(34)27-36(33)45)38-24-14-10-20-31(38)41-43-42(32-21-11-15-25-40(32)49(43,3)4)47-44(46-41)28-16-6-5-7-17-28/h5-27H,1-4H3. The van der Waals surface area contributed by atoms with E-state index in [1.807, 2.05) is 0 Å². The number of fused-ring (bicyclic) bond motifs is 9. The highest BCUT2D eigenvalue weighted by Gasteiger charge is 2.42. The Morgan fingerprint density at radius 3 is 1.98 bits per heavy atom. The minimum absolute atomic E-state index is 0.0968. The summed E-state index contributed by atoms with van der Waals surface area (Å²) in [5.41, 5.74) is 14.5. The minimum Gasteiger partial charge on any atom is -0.309 e. The van der Waals surface area contributed by atoms with Crippen LogP contribution in [0.5, 0.6) is 0 Å². The fraction of sp³-hybridized carbons (Fsp3) is 0.111. The molecule has 0 saturated carbocycles. The Morgan fingerprint density at radius 2 is 1.16 bits per heavy atom. The van der Waals surface area contributed by atoms with Crippen LogP contribution >= 0.6 is 0 Å². The second kappa shape index (κ2) is 9.97. The summed E-state index contributed by atoms with van der Waals surface area (Å²) in [6.07, 6.45) is 0. The monoisotopic (exact) mass is 645 g/mol. The highest BCUT2D eigenvalue weighted by atomic mass is 28.3. The molecule has 49 heavy (non-hydrogen) atoms. The van der Waals surface area contributed by atoms with Crippen molar-refractivity contribution >= 4 is 40.3 Å². The van der Waals surface area contributed by atoms with Gasteiger partial charge in [0.15, 0.2) is 5.82 Å². The van der Waals surface area contributed by atoms with Gasteiger partial charge in [-0.2, -0.15) is 0 Å². The van der Waals surface area contributed by atoms with Gasteiger partial charge in [0.2, 0.25) is 0 Å². The minimum atomic E-state index is -2.15. The predicted octanol–water partition coefficient (Wildman–Crippen LogP) is 10.0. The lowest BCUT2D eigenvalue weighted by molar-refractivity contribution is 0.661. The molecule has 0 atom stereocenters. The van der Waals surface area contributed by atoms with Gasteiger partial charge in [0, 0.05) is 27.3 Å². The molecule has 0 N–H and O–H groups in total. The number of nitrogens with zero attached hydrogens (tertiary/aromatic N) is 3. The highest BCUT2D eigenvalue weighted by Crippen LogP contribution is 2.51. The van der Waals surface area contributed by atoms with Crippen LogP contribution in [-0.4, -0.2) is 22.6 Å². The Hall–Kier alpha value is -5.58. The fourth-order valence-electron chi connectivity index (χ4n) is 8.82. The molecule has 0 saturated heterocycles. The number of hydrogen-bond acceptors (Lipinski definition) is 2. The van der Waals surface area contributed by atoms with E-state index < -0.39 is 8.07 Å². The van der Waals surface area contributed by atoms with Gasteiger partial charge in [0.25, 0.3) is 0 Å². The van der Waals surface area contributed by atoms with Crippen LogP contribution in [0.1, 0.15) is 25.0 Å². The average Bonchev–Trinajstić information content (AvgIpc) is 3.67. The SMILES string of the molecule is CC1(C)c2ccccc2-c2cc3c4ccccc4n(-c4ccccc4-c4nc(-c5ccccc5)nc5c4[Si](C)(C)c4ccccc4-5)c3cc21. The van der Waals surface area contributed by atoms with E-state index in [2.05, 4.69) is 171 Å². The number of para-hydroxylation sites is 2. The van der Waals surface area contributed by atoms with Crippen LogP contribution in [0.3, 0.4) is 0 Å². The smallest absolute Gasteiger partial charge is 0.160 e. The molecular weight excluding hydrogens is 611 g/mol. The molecule has 0 amide bonds. The van der Waals surface area contributed by atoms with Crippen LogP contribution < -0.4 is 10.4 Å². The lowest BCUT2D eigenvalue weighted by Crippen LogP contribution is -2.50. The Labute approximate surface area is 287 Å². The van der Waals surface area contributed by atoms with E-state index in [1.54, 1.807) is 0 Å². The van der Waals surface area contributed by atoms with Gasteiger partial charge in [-0.15, -0.1) is 0 Å². The van der Waals surface area contributed by atoms with Gasteiger partial charge in [-0.05, 0) is 62.5 Å². The van der Waals surface area contributed by atoms with E-state index in [-0.39, 0.29) is 5.41 Å². The van der Waals surface area contributed by atoms with Crippen molar-refractivity contribution in [1.82, 2.24) is 14.5 Å². The quantitative estimate of drug-likeness (QED) is 0.179. The number of hydrogen-bond donors (Lipinski definition) is 0. The van der Waals surface area contributed by atoms with E-state index in [0.29, 0.717) is 0 Å². The van der Waals surface area contributed by atoms with Crippen molar-refractivity contribution in [3.8, 4) is 50.7 Å². The van der Waals surface area contributed by atoms with Crippen LogP contribution in [0.15, 0.2) is 140 Å². The molecular formula is C45H35N3Si. The summed E-state index contributed by atoms with van der Waals surface area (Å²) >= 11 is 0. The first-order valence-electron chi connectivity index (χ1n) is 17.2. The van der Waals surface area contributed by atoms with Crippen molar-refractivity contribution in [2.24, 2.45) is 0 Å². The third-order valence-electron chi connectivity index (χ3n) is 11.2. The Balaban J connectivity index is 1.30. The molecule has 6 aromatic carbocycles. The van der Waals surface area contributed by atoms with Gasteiger partial charge in [0.1, 0.15) is 8.07 Å². The molecule has 3 heterocycles. The topological polar surface area (TPSA) is 30.7 Å². The summed E-state index contributed by atoms with van der Waals surface area (Å²) < 4.78 is 2.49. The molecule has 0 spiro atoms. The van der Waals surface area contributed by atoms with Gasteiger partial charge in [-0.25, -0.2) is 9.97 Å². The van der Waals surface area contributed by atoms with E-state index in [9.17, 15) is 0 Å². The van der Waals surface area contributed by atoms with Crippen molar-refractivity contribution in [3.63, 3.8) is 0 Å². The summed E-state index contributed by atoms with van der Waals surface area (Å²) in [4.78, 5) is 10.8. The van der Waals surface area contributed by atoms with Crippen molar-refractivity contribution < 1.29 is 0 Å². The zero-order valence-corrected chi connectivity index (χ0v) is 29.1. The van der Waals surface area contributed by atoms with Crippen LogP contribution in [0, 0.1) is 0 Å². The highest BCUT2D eigenvalue weighted by molar-refractivity contribution is 7.04. The van der Waals surface area contributed by atoms with Crippen molar-refractivity contribution in [1.29, 1.82) is 0 Å². The molecule has 234 valence electrons. The predicted molar refractivity (Wildman–Crippen MR) is 207 cm³/mol. The second-order valence-corrected chi connectivity index (χ2v) is 18.9. The maximum absolute atomic E-state index is 5.51. The average molecular weight is 646 g/mol. The molecule has 0 unspecified atom stereocenters. The largest absolute Gasteiger partial charge is 0.309 e. The van der Waals surface area contributed by atoms with E-state index >= 15 is 0 Å². The molecule has 0 fully saturated rings. The van der Waals surface area contributed by atoms with Crippen LogP contribution in [-0.2, 0) is 5.41 Å². The maximum atomic E-state index is 5.51. The molecule has 0 bridgehead atoms. The van der Waals surface area contributed by atoms with Gasteiger partial charge >= 0.3 is 0 Å². The zero-order valence-electron chi connectivity index (χ0n) is 28.1. The third-order valence-corrected chi connectivity index (χ3v) is 14.7. The fourth-order valence-corrected chi connectivity index (χ4v) is 12.0. The first-order valence-corrected chi connectivity index (χ1v) is 20.2. The molecule has 1 aliphatic carbocycles. The Kier molecular flexibility index (Phi) is 5.79. The zero-order chi connectivity index (χ0) is 33.1. The first kappa shape index (κ1) is 28.4. The van der Waals surface area contributed by atoms with E-state index in [1.165, 1.54) is 60.0 Å².